The molecule has 116 valence electrons. The zero-order valence-corrected chi connectivity index (χ0v) is 12.7. The molecular formula is C18H16N2O3. The van der Waals surface area contributed by atoms with Crippen molar-refractivity contribution in [2.24, 2.45) is 0 Å². The Kier molecular flexibility index (Phi) is 3.90. The van der Waals surface area contributed by atoms with E-state index in [-0.39, 0.29) is 11.7 Å². The van der Waals surface area contributed by atoms with Crippen LogP contribution in [-0.4, -0.2) is 17.1 Å². The first-order valence-electron chi connectivity index (χ1n) is 7.42. The van der Waals surface area contributed by atoms with Gasteiger partial charge in [-0.15, -0.1) is 0 Å². The number of amides is 1. The SMILES string of the molecule is CCC1Oc2cc(O)ccc2N(Cc2ccc(C#N)cc2)C1=O. The van der Waals surface area contributed by atoms with Crippen LogP contribution in [0.2, 0.25) is 0 Å². The maximum absolute atomic E-state index is 12.6. The standard InChI is InChI=1S/C18H16N2O3/c1-2-16-18(22)20(11-13-5-3-12(10-19)4-6-13)15-8-7-14(21)9-17(15)23-16/h3-9,16,21H,2,11H2,1H3. The fourth-order valence-corrected chi connectivity index (χ4v) is 2.60. The van der Waals surface area contributed by atoms with Gasteiger partial charge >= 0.3 is 0 Å². The molecule has 1 unspecified atom stereocenters. The van der Waals surface area contributed by atoms with E-state index in [0.29, 0.717) is 30.0 Å². The number of carbonyl (C=O) groups is 1. The van der Waals surface area contributed by atoms with Crippen molar-refractivity contribution < 1.29 is 14.6 Å². The minimum Gasteiger partial charge on any atom is -0.508 e. The number of anilines is 1. The van der Waals surface area contributed by atoms with Crippen LogP contribution in [-0.2, 0) is 11.3 Å². The van der Waals surface area contributed by atoms with Crippen LogP contribution in [0.15, 0.2) is 42.5 Å². The number of ether oxygens (including phenoxy) is 1. The number of aromatic hydroxyl groups is 1. The second-order valence-electron chi connectivity index (χ2n) is 5.40. The molecule has 1 amide bonds. The molecule has 1 atom stereocenters. The first-order chi connectivity index (χ1) is 11.1. The van der Waals surface area contributed by atoms with E-state index in [1.165, 1.54) is 12.1 Å². The van der Waals surface area contributed by atoms with Gasteiger partial charge in [0.05, 0.1) is 23.9 Å². The fraction of sp³-hybridized carbons (Fsp3) is 0.222. The van der Waals surface area contributed by atoms with Crippen molar-refractivity contribution in [1.82, 2.24) is 0 Å². The van der Waals surface area contributed by atoms with Crippen LogP contribution in [0.3, 0.4) is 0 Å². The van der Waals surface area contributed by atoms with Crippen LogP contribution in [0.5, 0.6) is 11.5 Å². The van der Waals surface area contributed by atoms with Gasteiger partial charge in [-0.1, -0.05) is 19.1 Å². The minimum atomic E-state index is -0.553. The van der Waals surface area contributed by atoms with E-state index in [4.69, 9.17) is 10.00 Å². The van der Waals surface area contributed by atoms with Crippen molar-refractivity contribution in [1.29, 1.82) is 5.26 Å². The summed E-state index contributed by atoms with van der Waals surface area (Å²) in [7, 11) is 0. The summed E-state index contributed by atoms with van der Waals surface area (Å²) in [6.45, 7) is 2.28. The highest BCUT2D eigenvalue weighted by Crippen LogP contribution is 2.38. The first kappa shape index (κ1) is 14.9. The average Bonchev–Trinajstić information content (AvgIpc) is 2.57. The summed E-state index contributed by atoms with van der Waals surface area (Å²) in [5.74, 6) is 0.506. The third-order valence-electron chi connectivity index (χ3n) is 3.84. The van der Waals surface area contributed by atoms with Crippen molar-refractivity contribution in [3.05, 3.63) is 53.6 Å². The lowest BCUT2D eigenvalue weighted by molar-refractivity contribution is -0.126. The Labute approximate surface area is 134 Å². The molecule has 1 aliphatic rings. The van der Waals surface area contributed by atoms with Crippen molar-refractivity contribution in [3.63, 3.8) is 0 Å². The highest BCUT2D eigenvalue weighted by molar-refractivity contribution is 6.00. The maximum atomic E-state index is 12.6. The van der Waals surface area contributed by atoms with E-state index in [9.17, 15) is 9.90 Å². The quantitative estimate of drug-likeness (QED) is 0.946. The molecule has 0 aliphatic carbocycles. The number of hydrogen-bond acceptors (Lipinski definition) is 4. The Hall–Kier alpha value is -3.00. The van der Waals surface area contributed by atoms with Gasteiger partial charge in [0, 0.05) is 6.07 Å². The molecule has 1 N–H and O–H groups in total. The molecule has 0 saturated carbocycles. The van der Waals surface area contributed by atoms with Crippen LogP contribution in [0.4, 0.5) is 5.69 Å². The van der Waals surface area contributed by atoms with Crippen LogP contribution < -0.4 is 9.64 Å². The normalized spacial score (nSPS) is 16.4. The molecule has 0 bridgehead atoms. The predicted octanol–water partition coefficient (Wildman–Crippen LogP) is 2.97. The number of hydrogen-bond donors (Lipinski definition) is 1. The van der Waals surface area contributed by atoms with Gasteiger partial charge in [-0.3, -0.25) is 4.79 Å². The van der Waals surface area contributed by atoms with E-state index < -0.39 is 6.10 Å². The third-order valence-corrected chi connectivity index (χ3v) is 3.84. The molecule has 2 aromatic carbocycles. The molecule has 0 radical (unpaired) electrons. The minimum absolute atomic E-state index is 0.102. The molecule has 1 heterocycles. The van der Waals surface area contributed by atoms with Gasteiger partial charge in [-0.2, -0.15) is 5.26 Å². The summed E-state index contributed by atoms with van der Waals surface area (Å²) in [4.78, 5) is 14.3. The lowest BCUT2D eigenvalue weighted by atomic mass is 10.1. The molecular weight excluding hydrogens is 292 g/mol. The summed E-state index contributed by atoms with van der Waals surface area (Å²) in [6.07, 6.45) is 0.000300. The zero-order valence-electron chi connectivity index (χ0n) is 12.7. The smallest absolute Gasteiger partial charge is 0.268 e. The average molecular weight is 308 g/mol. The molecule has 23 heavy (non-hydrogen) atoms. The number of rotatable bonds is 3. The highest BCUT2D eigenvalue weighted by atomic mass is 16.5. The van der Waals surface area contributed by atoms with Gasteiger partial charge in [0.15, 0.2) is 6.10 Å². The highest BCUT2D eigenvalue weighted by Gasteiger charge is 2.33. The molecule has 5 heteroatoms. The topological polar surface area (TPSA) is 73.6 Å². The molecule has 1 aliphatic heterocycles. The summed E-state index contributed by atoms with van der Waals surface area (Å²) >= 11 is 0. The van der Waals surface area contributed by atoms with Crippen LogP contribution >= 0.6 is 0 Å². The zero-order chi connectivity index (χ0) is 16.4. The van der Waals surface area contributed by atoms with Crippen molar-refractivity contribution in [2.75, 3.05) is 4.90 Å². The molecule has 0 saturated heterocycles. The molecule has 2 aromatic rings. The number of benzene rings is 2. The van der Waals surface area contributed by atoms with Crippen LogP contribution in [0.25, 0.3) is 0 Å². The monoisotopic (exact) mass is 308 g/mol. The van der Waals surface area contributed by atoms with E-state index in [1.54, 1.807) is 23.1 Å². The van der Waals surface area contributed by atoms with Gasteiger partial charge in [0.2, 0.25) is 0 Å². The predicted molar refractivity (Wildman–Crippen MR) is 85.2 cm³/mol. The summed E-state index contributed by atoms with van der Waals surface area (Å²) < 4.78 is 5.68. The van der Waals surface area contributed by atoms with Crippen molar-refractivity contribution in [2.45, 2.75) is 26.0 Å². The maximum Gasteiger partial charge on any atom is 0.268 e. The molecule has 0 aromatic heterocycles. The fourth-order valence-electron chi connectivity index (χ4n) is 2.60. The largest absolute Gasteiger partial charge is 0.508 e. The second kappa shape index (κ2) is 6.01. The lowest BCUT2D eigenvalue weighted by Crippen LogP contribution is -2.45. The van der Waals surface area contributed by atoms with Gasteiger partial charge < -0.3 is 14.7 Å². The van der Waals surface area contributed by atoms with Gasteiger partial charge in [0.1, 0.15) is 11.5 Å². The van der Waals surface area contributed by atoms with Crippen molar-refractivity contribution in [3.8, 4) is 17.6 Å². The number of nitriles is 1. The summed E-state index contributed by atoms with van der Waals surface area (Å²) in [5.41, 5.74) is 2.15. The van der Waals surface area contributed by atoms with E-state index in [0.717, 1.165) is 5.56 Å². The summed E-state index contributed by atoms with van der Waals surface area (Å²) in [6, 6.07) is 13.9. The Morgan fingerprint density at radius 3 is 2.65 bits per heavy atom. The van der Waals surface area contributed by atoms with E-state index >= 15 is 0 Å². The third kappa shape index (κ3) is 2.84. The Morgan fingerprint density at radius 2 is 2.00 bits per heavy atom. The number of nitrogens with zero attached hydrogens (tertiary/aromatic N) is 2. The lowest BCUT2D eigenvalue weighted by Gasteiger charge is -2.34. The van der Waals surface area contributed by atoms with Gasteiger partial charge in [0.25, 0.3) is 5.91 Å². The molecule has 0 spiro atoms. The van der Waals surface area contributed by atoms with E-state index in [1.807, 2.05) is 19.1 Å². The van der Waals surface area contributed by atoms with Crippen molar-refractivity contribution >= 4 is 11.6 Å². The molecule has 5 nitrogen and oxygen atoms in total. The van der Waals surface area contributed by atoms with Crippen LogP contribution in [0, 0.1) is 11.3 Å². The summed E-state index contributed by atoms with van der Waals surface area (Å²) in [5, 5.41) is 18.5. The molecule has 3 rings (SSSR count). The number of phenolic OH excluding ortho intramolecular Hbond substituents is 1. The van der Waals surface area contributed by atoms with Crippen LogP contribution in [0.1, 0.15) is 24.5 Å². The first-order valence-corrected chi connectivity index (χ1v) is 7.42. The Morgan fingerprint density at radius 1 is 1.26 bits per heavy atom. The Balaban J connectivity index is 1.95. The Bertz CT molecular complexity index is 778. The number of fused-ring (bicyclic) bond motifs is 1. The van der Waals surface area contributed by atoms with Gasteiger partial charge in [-0.25, -0.2) is 0 Å². The number of phenols is 1. The number of carbonyl (C=O) groups excluding carboxylic acids is 1. The van der Waals surface area contributed by atoms with E-state index in [2.05, 4.69) is 6.07 Å². The second-order valence-corrected chi connectivity index (χ2v) is 5.40. The van der Waals surface area contributed by atoms with Gasteiger partial charge in [-0.05, 0) is 36.2 Å². The molecule has 0 fully saturated rings.